The van der Waals surface area contributed by atoms with Crippen molar-refractivity contribution in [3.05, 3.63) is 53.5 Å². The lowest BCUT2D eigenvalue weighted by Crippen LogP contribution is -2.22. The zero-order valence-electron chi connectivity index (χ0n) is 13.4. The SMILES string of the molecule is CCc1ccc(CNc2cccc(CN(CC)CC)c2)o1. The van der Waals surface area contributed by atoms with Gasteiger partial charge in [0.05, 0.1) is 6.54 Å². The Morgan fingerprint density at radius 1 is 1.00 bits per heavy atom. The van der Waals surface area contributed by atoms with Crippen molar-refractivity contribution < 1.29 is 4.42 Å². The van der Waals surface area contributed by atoms with Crippen LogP contribution < -0.4 is 5.32 Å². The topological polar surface area (TPSA) is 28.4 Å². The van der Waals surface area contributed by atoms with Crippen molar-refractivity contribution in [3.8, 4) is 0 Å². The number of hydrogen-bond acceptors (Lipinski definition) is 3. The van der Waals surface area contributed by atoms with E-state index in [1.54, 1.807) is 0 Å². The average molecular weight is 286 g/mol. The molecule has 2 rings (SSSR count). The van der Waals surface area contributed by atoms with Gasteiger partial charge in [-0.2, -0.15) is 0 Å². The van der Waals surface area contributed by atoms with Gasteiger partial charge in [0.15, 0.2) is 0 Å². The molecule has 0 unspecified atom stereocenters. The van der Waals surface area contributed by atoms with Gasteiger partial charge in [0, 0.05) is 18.7 Å². The van der Waals surface area contributed by atoms with E-state index in [-0.39, 0.29) is 0 Å². The fourth-order valence-corrected chi connectivity index (χ4v) is 2.38. The molecule has 0 aliphatic heterocycles. The van der Waals surface area contributed by atoms with Crippen LogP contribution in [0.15, 0.2) is 40.8 Å². The van der Waals surface area contributed by atoms with Crippen LogP contribution in [-0.2, 0) is 19.5 Å². The van der Waals surface area contributed by atoms with E-state index in [2.05, 4.69) is 55.3 Å². The summed E-state index contributed by atoms with van der Waals surface area (Å²) in [7, 11) is 0. The van der Waals surface area contributed by atoms with Gasteiger partial charge in [-0.05, 0) is 42.9 Å². The van der Waals surface area contributed by atoms with Crippen LogP contribution in [0.2, 0.25) is 0 Å². The Hall–Kier alpha value is -1.74. The highest BCUT2D eigenvalue weighted by Crippen LogP contribution is 2.15. The Bertz CT molecular complexity index is 544. The number of aryl methyl sites for hydroxylation is 1. The average Bonchev–Trinajstić information content (AvgIpc) is 2.99. The van der Waals surface area contributed by atoms with Crippen LogP contribution in [0.5, 0.6) is 0 Å². The van der Waals surface area contributed by atoms with Crippen LogP contribution in [0, 0.1) is 0 Å². The van der Waals surface area contributed by atoms with Crippen molar-refractivity contribution in [2.24, 2.45) is 0 Å². The third-order valence-electron chi connectivity index (χ3n) is 3.76. The lowest BCUT2D eigenvalue weighted by Gasteiger charge is -2.18. The van der Waals surface area contributed by atoms with Gasteiger partial charge in [-0.15, -0.1) is 0 Å². The molecule has 3 nitrogen and oxygen atoms in total. The lowest BCUT2D eigenvalue weighted by atomic mass is 10.2. The molecule has 1 aromatic carbocycles. The fourth-order valence-electron chi connectivity index (χ4n) is 2.38. The summed E-state index contributed by atoms with van der Waals surface area (Å²) in [6, 6.07) is 12.7. The van der Waals surface area contributed by atoms with E-state index in [0.717, 1.165) is 49.8 Å². The van der Waals surface area contributed by atoms with Crippen molar-refractivity contribution in [3.63, 3.8) is 0 Å². The van der Waals surface area contributed by atoms with E-state index in [1.807, 2.05) is 12.1 Å². The number of nitrogens with zero attached hydrogens (tertiary/aromatic N) is 1. The van der Waals surface area contributed by atoms with E-state index in [0.29, 0.717) is 0 Å². The first-order valence-corrected chi connectivity index (χ1v) is 7.87. The summed E-state index contributed by atoms with van der Waals surface area (Å²) >= 11 is 0. The molecule has 0 atom stereocenters. The molecule has 1 aromatic heterocycles. The van der Waals surface area contributed by atoms with Gasteiger partial charge in [0.2, 0.25) is 0 Å². The first-order valence-electron chi connectivity index (χ1n) is 7.87. The number of anilines is 1. The smallest absolute Gasteiger partial charge is 0.123 e. The van der Waals surface area contributed by atoms with Crippen molar-refractivity contribution in [2.45, 2.75) is 40.3 Å². The summed E-state index contributed by atoms with van der Waals surface area (Å²) in [5.41, 5.74) is 2.49. The monoisotopic (exact) mass is 286 g/mol. The highest BCUT2D eigenvalue weighted by molar-refractivity contribution is 5.45. The molecule has 0 amide bonds. The maximum atomic E-state index is 5.71. The normalized spacial score (nSPS) is 11.0. The second-order valence-electron chi connectivity index (χ2n) is 5.24. The highest BCUT2D eigenvalue weighted by Gasteiger charge is 2.03. The molecule has 3 heteroatoms. The van der Waals surface area contributed by atoms with Crippen molar-refractivity contribution >= 4 is 5.69 Å². The second-order valence-corrected chi connectivity index (χ2v) is 5.24. The Morgan fingerprint density at radius 2 is 1.76 bits per heavy atom. The first kappa shape index (κ1) is 15.6. The van der Waals surface area contributed by atoms with Crippen LogP contribution in [0.1, 0.15) is 37.9 Å². The van der Waals surface area contributed by atoms with Crippen LogP contribution >= 0.6 is 0 Å². The third-order valence-corrected chi connectivity index (χ3v) is 3.76. The molecule has 0 radical (unpaired) electrons. The van der Waals surface area contributed by atoms with Crippen LogP contribution in [0.4, 0.5) is 5.69 Å². The van der Waals surface area contributed by atoms with Gasteiger partial charge in [-0.1, -0.05) is 32.9 Å². The quantitative estimate of drug-likeness (QED) is 0.784. The Balaban J connectivity index is 1.94. The molecule has 0 spiro atoms. The van der Waals surface area contributed by atoms with E-state index < -0.39 is 0 Å². The van der Waals surface area contributed by atoms with Gasteiger partial charge in [-0.3, -0.25) is 4.90 Å². The molecule has 0 aliphatic carbocycles. The minimum absolute atomic E-state index is 0.731. The molecule has 114 valence electrons. The maximum Gasteiger partial charge on any atom is 0.123 e. The van der Waals surface area contributed by atoms with Gasteiger partial charge < -0.3 is 9.73 Å². The first-order chi connectivity index (χ1) is 10.2. The van der Waals surface area contributed by atoms with Crippen LogP contribution in [0.3, 0.4) is 0 Å². The number of furan rings is 1. The van der Waals surface area contributed by atoms with Crippen LogP contribution in [-0.4, -0.2) is 18.0 Å². The van der Waals surface area contributed by atoms with E-state index in [9.17, 15) is 0 Å². The Kier molecular flexibility index (Phi) is 5.88. The molecule has 1 N–H and O–H groups in total. The van der Waals surface area contributed by atoms with Gasteiger partial charge in [0.1, 0.15) is 11.5 Å². The molecule has 0 aliphatic rings. The molecular weight excluding hydrogens is 260 g/mol. The number of nitrogens with one attached hydrogen (secondary N) is 1. The predicted octanol–water partition coefficient (Wildman–Crippen LogP) is 4.30. The number of hydrogen-bond donors (Lipinski definition) is 1. The minimum Gasteiger partial charge on any atom is -0.464 e. The second kappa shape index (κ2) is 7.89. The molecule has 0 fully saturated rings. The summed E-state index contributed by atoms with van der Waals surface area (Å²) in [6.07, 6.45) is 0.944. The van der Waals surface area contributed by atoms with E-state index in [1.165, 1.54) is 5.56 Å². The zero-order chi connectivity index (χ0) is 15.1. The summed E-state index contributed by atoms with van der Waals surface area (Å²) < 4.78 is 5.71. The largest absolute Gasteiger partial charge is 0.464 e. The Labute approximate surface area is 128 Å². The molecule has 2 aromatic rings. The lowest BCUT2D eigenvalue weighted by molar-refractivity contribution is 0.296. The molecule has 0 bridgehead atoms. The molecule has 0 saturated heterocycles. The standard InChI is InChI=1S/C18H26N2O/c1-4-17-10-11-18(21-17)13-19-16-9-7-8-15(12-16)14-20(5-2)6-3/h7-12,19H,4-6,13-14H2,1-3H3. The summed E-state index contributed by atoms with van der Waals surface area (Å²) in [6.45, 7) is 10.4. The predicted molar refractivity (Wildman–Crippen MR) is 88.5 cm³/mol. The highest BCUT2D eigenvalue weighted by atomic mass is 16.3. The molecular formula is C18H26N2O. The molecule has 1 heterocycles. The summed E-state index contributed by atoms with van der Waals surface area (Å²) in [4.78, 5) is 2.42. The van der Waals surface area contributed by atoms with Gasteiger partial charge >= 0.3 is 0 Å². The summed E-state index contributed by atoms with van der Waals surface area (Å²) in [5.74, 6) is 2.03. The molecule has 0 saturated carbocycles. The Morgan fingerprint density at radius 3 is 2.43 bits per heavy atom. The zero-order valence-corrected chi connectivity index (χ0v) is 13.4. The number of rotatable bonds is 8. The minimum atomic E-state index is 0.731. The number of benzene rings is 1. The van der Waals surface area contributed by atoms with Crippen molar-refractivity contribution in [1.82, 2.24) is 4.90 Å². The van der Waals surface area contributed by atoms with Crippen LogP contribution in [0.25, 0.3) is 0 Å². The van der Waals surface area contributed by atoms with E-state index >= 15 is 0 Å². The van der Waals surface area contributed by atoms with Crippen molar-refractivity contribution in [1.29, 1.82) is 0 Å². The molecule has 21 heavy (non-hydrogen) atoms. The fraction of sp³-hybridized carbons (Fsp3) is 0.444. The summed E-state index contributed by atoms with van der Waals surface area (Å²) in [5, 5.41) is 3.44. The van der Waals surface area contributed by atoms with Gasteiger partial charge in [-0.25, -0.2) is 0 Å². The van der Waals surface area contributed by atoms with E-state index in [4.69, 9.17) is 4.42 Å². The third kappa shape index (κ3) is 4.64. The maximum absolute atomic E-state index is 5.71. The van der Waals surface area contributed by atoms with Crippen molar-refractivity contribution in [2.75, 3.05) is 18.4 Å². The van der Waals surface area contributed by atoms with Gasteiger partial charge in [0.25, 0.3) is 0 Å².